The molecule has 4 unspecified atom stereocenters. The molecule has 0 spiro atoms. The molecule has 0 amide bonds. The predicted octanol–water partition coefficient (Wildman–Crippen LogP) is 0.812. The lowest BCUT2D eigenvalue weighted by molar-refractivity contribution is -0.136. The fourth-order valence-corrected chi connectivity index (χ4v) is 3.12. The first-order valence-electron chi connectivity index (χ1n) is 4.66. The Labute approximate surface area is 66.6 Å². The normalized spacial score (nSPS) is 53.6. The molecule has 0 radical (unpaired) electrons. The molecule has 4 bridgehead atoms. The minimum atomic E-state index is 0.354. The zero-order valence-electron chi connectivity index (χ0n) is 6.62. The lowest BCUT2D eigenvalue weighted by Gasteiger charge is -2.43. The summed E-state index contributed by atoms with van der Waals surface area (Å²) in [6.07, 6.45) is 4.76. The van der Waals surface area contributed by atoms with Crippen LogP contribution in [0.4, 0.5) is 0 Å². The maximum Gasteiger partial charge on any atom is 0.153 e. The summed E-state index contributed by atoms with van der Waals surface area (Å²) in [6.45, 7) is 1.20. The Balaban J connectivity index is 2.02. The van der Waals surface area contributed by atoms with Crippen molar-refractivity contribution in [3.8, 4) is 0 Å². The highest BCUT2D eigenvalue weighted by atomic mass is 16.1. The van der Waals surface area contributed by atoms with Crippen LogP contribution in [0.15, 0.2) is 0 Å². The Morgan fingerprint density at radius 1 is 1.27 bits per heavy atom. The van der Waals surface area contributed by atoms with Gasteiger partial charge in [0.2, 0.25) is 0 Å². The van der Waals surface area contributed by atoms with Gasteiger partial charge in [0.1, 0.15) is 0 Å². The molecule has 4 aliphatic rings. The van der Waals surface area contributed by atoms with E-state index in [0.29, 0.717) is 17.7 Å². The van der Waals surface area contributed by atoms with Gasteiger partial charge in [-0.3, -0.25) is 9.69 Å². The Morgan fingerprint density at radius 3 is 3.00 bits per heavy atom. The molecule has 0 saturated carbocycles. The molecule has 4 saturated heterocycles. The molecule has 0 aromatic carbocycles. The number of hydrogen-bond acceptors (Lipinski definition) is 2. The summed E-state index contributed by atoms with van der Waals surface area (Å²) >= 11 is 0. The van der Waals surface area contributed by atoms with Gasteiger partial charge >= 0.3 is 0 Å². The summed E-state index contributed by atoms with van der Waals surface area (Å²) < 4.78 is 0. The van der Waals surface area contributed by atoms with Gasteiger partial charge in [0.05, 0.1) is 6.04 Å². The van der Waals surface area contributed by atoms with Crippen LogP contribution in [0.3, 0.4) is 0 Å². The quantitative estimate of drug-likeness (QED) is 0.510. The van der Waals surface area contributed by atoms with Gasteiger partial charge in [-0.1, -0.05) is 0 Å². The highest BCUT2D eigenvalue weighted by molar-refractivity contribution is 5.88. The second kappa shape index (κ2) is 1.86. The van der Waals surface area contributed by atoms with Crippen molar-refractivity contribution < 1.29 is 4.79 Å². The smallest absolute Gasteiger partial charge is 0.153 e. The molecule has 4 heterocycles. The van der Waals surface area contributed by atoms with Crippen molar-refractivity contribution in [3.63, 3.8) is 0 Å². The average Bonchev–Trinajstić information content (AvgIpc) is 2.39. The minimum absolute atomic E-state index is 0.354. The van der Waals surface area contributed by atoms with Crippen LogP contribution in [0, 0.1) is 5.92 Å². The fourth-order valence-electron chi connectivity index (χ4n) is 3.12. The predicted molar refractivity (Wildman–Crippen MR) is 41.2 cm³/mol. The number of nitrogens with zero attached hydrogens (tertiary/aromatic N) is 1. The Kier molecular flexibility index (Phi) is 1.05. The summed E-state index contributed by atoms with van der Waals surface area (Å²) in [7, 11) is 0. The van der Waals surface area contributed by atoms with E-state index in [2.05, 4.69) is 4.90 Å². The van der Waals surface area contributed by atoms with Crippen molar-refractivity contribution in [2.24, 2.45) is 5.92 Å². The molecule has 2 heteroatoms. The zero-order chi connectivity index (χ0) is 7.42. The van der Waals surface area contributed by atoms with E-state index in [1.165, 1.54) is 19.4 Å². The Bertz CT molecular complexity index is 214. The molecule has 0 N–H and O–H groups in total. The van der Waals surface area contributed by atoms with Crippen LogP contribution < -0.4 is 0 Å². The minimum Gasteiger partial charge on any atom is -0.298 e. The molecule has 0 aromatic heterocycles. The van der Waals surface area contributed by atoms with Gasteiger partial charge in [-0.2, -0.15) is 0 Å². The summed E-state index contributed by atoms with van der Waals surface area (Å²) in [4.78, 5) is 14.0. The summed E-state index contributed by atoms with van der Waals surface area (Å²) in [5, 5.41) is 0. The third-order valence-corrected chi connectivity index (χ3v) is 3.67. The summed E-state index contributed by atoms with van der Waals surface area (Å²) in [5.41, 5.74) is 0. The van der Waals surface area contributed by atoms with E-state index in [-0.39, 0.29) is 0 Å². The third-order valence-electron chi connectivity index (χ3n) is 3.67. The van der Waals surface area contributed by atoms with Crippen LogP contribution in [0.25, 0.3) is 0 Å². The number of ketones is 1. The maximum atomic E-state index is 11.6. The van der Waals surface area contributed by atoms with E-state index in [4.69, 9.17) is 0 Å². The van der Waals surface area contributed by atoms with Crippen LogP contribution in [0.2, 0.25) is 0 Å². The SMILES string of the molecule is O=C1C2CCN3C(CCC13)C2. The highest BCUT2D eigenvalue weighted by Crippen LogP contribution is 2.41. The Morgan fingerprint density at radius 2 is 2.18 bits per heavy atom. The van der Waals surface area contributed by atoms with Crippen molar-refractivity contribution in [2.45, 2.75) is 37.8 Å². The molecule has 4 fully saturated rings. The number of Topliss-reactive ketones (excluding diaryl/α,β-unsaturated/α-hetero) is 1. The van der Waals surface area contributed by atoms with Crippen LogP contribution in [-0.4, -0.2) is 29.3 Å². The standard InChI is InChI=1S/C9H13NO/c11-9-6-3-4-10-7(5-6)1-2-8(9)10/h6-8H,1-5H2. The molecule has 60 valence electrons. The van der Waals surface area contributed by atoms with Gasteiger partial charge in [-0.15, -0.1) is 0 Å². The monoisotopic (exact) mass is 151 g/mol. The number of carbonyl (C=O) groups excluding carboxylic acids is 1. The number of carbonyl (C=O) groups is 1. The number of fused-ring (bicyclic) bond motifs is 1. The first kappa shape index (κ1) is 6.18. The average molecular weight is 151 g/mol. The van der Waals surface area contributed by atoms with Gasteiger partial charge in [-0.25, -0.2) is 0 Å². The highest BCUT2D eigenvalue weighted by Gasteiger charge is 2.49. The van der Waals surface area contributed by atoms with E-state index in [1.807, 2.05) is 0 Å². The second-order valence-corrected chi connectivity index (χ2v) is 4.11. The van der Waals surface area contributed by atoms with E-state index in [1.54, 1.807) is 0 Å². The van der Waals surface area contributed by atoms with Crippen molar-refractivity contribution in [1.82, 2.24) is 4.90 Å². The molecule has 4 atom stereocenters. The zero-order valence-corrected chi connectivity index (χ0v) is 6.62. The second-order valence-electron chi connectivity index (χ2n) is 4.11. The van der Waals surface area contributed by atoms with E-state index >= 15 is 0 Å². The van der Waals surface area contributed by atoms with E-state index in [0.717, 1.165) is 18.9 Å². The molecule has 0 aromatic rings. The molecular weight excluding hydrogens is 138 g/mol. The molecule has 4 aliphatic heterocycles. The molecular formula is C9H13NO. The van der Waals surface area contributed by atoms with Gasteiger partial charge in [0.15, 0.2) is 5.78 Å². The molecule has 2 nitrogen and oxygen atoms in total. The fraction of sp³-hybridized carbons (Fsp3) is 0.889. The lowest BCUT2D eigenvalue weighted by atomic mass is 9.82. The van der Waals surface area contributed by atoms with Gasteiger partial charge in [0, 0.05) is 12.0 Å². The van der Waals surface area contributed by atoms with Gasteiger partial charge in [0.25, 0.3) is 0 Å². The van der Waals surface area contributed by atoms with E-state index in [9.17, 15) is 4.79 Å². The van der Waals surface area contributed by atoms with Crippen molar-refractivity contribution >= 4 is 5.78 Å². The van der Waals surface area contributed by atoms with Crippen LogP contribution >= 0.6 is 0 Å². The molecule has 0 aliphatic carbocycles. The van der Waals surface area contributed by atoms with Gasteiger partial charge in [-0.05, 0) is 32.2 Å². The largest absolute Gasteiger partial charge is 0.298 e. The van der Waals surface area contributed by atoms with E-state index < -0.39 is 0 Å². The van der Waals surface area contributed by atoms with Crippen molar-refractivity contribution in [2.75, 3.05) is 6.54 Å². The third kappa shape index (κ3) is 0.639. The lowest BCUT2D eigenvalue weighted by Crippen LogP contribution is -2.55. The first-order chi connectivity index (χ1) is 5.36. The Hall–Kier alpha value is -0.370. The number of hydrogen-bond donors (Lipinski definition) is 0. The maximum absolute atomic E-state index is 11.6. The number of rotatable bonds is 0. The molecule has 11 heavy (non-hydrogen) atoms. The topological polar surface area (TPSA) is 20.3 Å². The van der Waals surface area contributed by atoms with Gasteiger partial charge < -0.3 is 0 Å². The summed E-state index contributed by atoms with van der Waals surface area (Å²) in [6, 6.07) is 1.14. The van der Waals surface area contributed by atoms with Crippen LogP contribution in [0.1, 0.15) is 25.7 Å². The number of piperidine rings is 3. The van der Waals surface area contributed by atoms with Crippen LogP contribution in [-0.2, 0) is 4.79 Å². The first-order valence-corrected chi connectivity index (χ1v) is 4.66. The summed E-state index contributed by atoms with van der Waals surface area (Å²) in [5.74, 6) is 1.02. The molecule has 4 rings (SSSR count). The van der Waals surface area contributed by atoms with Crippen molar-refractivity contribution in [1.29, 1.82) is 0 Å². The van der Waals surface area contributed by atoms with Crippen molar-refractivity contribution in [3.05, 3.63) is 0 Å². The van der Waals surface area contributed by atoms with Crippen LogP contribution in [0.5, 0.6) is 0 Å².